The van der Waals surface area contributed by atoms with E-state index in [0.29, 0.717) is 10.7 Å². The fraction of sp³-hybridized carbons (Fsp3) is 0.250. The summed E-state index contributed by atoms with van der Waals surface area (Å²) in [6.45, 7) is 5.86. The Kier molecular flexibility index (Phi) is 6.24. The molecule has 0 aliphatic carbocycles. The molecule has 0 spiro atoms. The van der Waals surface area contributed by atoms with Crippen molar-refractivity contribution in [2.24, 2.45) is 0 Å². The molecule has 1 rings (SSSR count). The minimum Gasteiger partial charge on any atom is -0.315 e. The van der Waals surface area contributed by atoms with E-state index in [1.165, 1.54) is 0 Å². The molecular weight excluding hydrogens is 210 g/mol. The number of aryl methyl sites for hydroxylation is 1. The maximum Gasteiger partial charge on any atom is 0.300 e. The predicted molar refractivity (Wildman–Crippen MR) is 65.0 cm³/mol. The first kappa shape index (κ1) is 13.5. The van der Waals surface area contributed by atoms with Crippen molar-refractivity contribution in [1.29, 1.82) is 0 Å². The minimum absolute atomic E-state index is 0.467. The van der Waals surface area contributed by atoms with E-state index in [-0.39, 0.29) is 0 Å². The van der Waals surface area contributed by atoms with Gasteiger partial charge >= 0.3 is 0 Å². The Morgan fingerprint density at radius 1 is 1.47 bits per heavy atom. The fourth-order valence-electron chi connectivity index (χ4n) is 0.887. The lowest BCUT2D eigenvalue weighted by atomic mass is 10.2. The highest BCUT2D eigenvalue weighted by molar-refractivity contribution is 6.31. The highest BCUT2D eigenvalue weighted by Gasteiger charge is 2.01. The van der Waals surface area contributed by atoms with Gasteiger partial charge in [-0.25, -0.2) is 0 Å². The number of hydrogen-bond acceptors (Lipinski definition) is 1. The number of carbonyl (C=O) groups is 1. The van der Waals surface area contributed by atoms with E-state index in [1.807, 2.05) is 32.8 Å². The van der Waals surface area contributed by atoms with Crippen LogP contribution in [0.4, 0.5) is 5.69 Å². The van der Waals surface area contributed by atoms with Gasteiger partial charge in [0.25, 0.3) is 5.91 Å². The Balaban J connectivity index is 0.000000921. The topological polar surface area (TPSA) is 29.1 Å². The summed E-state index contributed by atoms with van der Waals surface area (Å²) in [6.07, 6.45) is 4.91. The van der Waals surface area contributed by atoms with Crippen molar-refractivity contribution in [3.63, 3.8) is 0 Å². The molecule has 80 valence electrons. The second-order valence-corrected chi connectivity index (χ2v) is 2.99. The van der Waals surface area contributed by atoms with Gasteiger partial charge in [-0.1, -0.05) is 31.5 Å². The maximum atomic E-state index is 10.9. The lowest BCUT2D eigenvalue weighted by Gasteiger charge is -2.05. The van der Waals surface area contributed by atoms with Gasteiger partial charge < -0.3 is 5.32 Å². The molecule has 1 aromatic rings. The number of nitrogens with one attached hydrogen (secondary N) is 1. The van der Waals surface area contributed by atoms with Crippen molar-refractivity contribution in [1.82, 2.24) is 0 Å². The maximum absolute atomic E-state index is 10.9. The molecule has 0 saturated heterocycles. The molecule has 0 aliphatic rings. The normalized spacial score (nSPS) is 8.20. The molecule has 1 N–H and O–H groups in total. The van der Waals surface area contributed by atoms with Crippen molar-refractivity contribution < 1.29 is 4.79 Å². The van der Waals surface area contributed by atoms with Crippen LogP contribution in [-0.4, -0.2) is 5.91 Å². The molecule has 0 saturated carbocycles. The van der Waals surface area contributed by atoms with Crippen LogP contribution >= 0.6 is 11.6 Å². The zero-order chi connectivity index (χ0) is 11.8. The summed E-state index contributed by atoms with van der Waals surface area (Å²) < 4.78 is 0. The third-order valence-corrected chi connectivity index (χ3v) is 1.81. The molecular formula is C12H14ClNO. The lowest BCUT2D eigenvalue weighted by molar-refractivity contribution is -0.111. The van der Waals surface area contributed by atoms with Crippen LogP contribution in [0, 0.1) is 19.3 Å². The van der Waals surface area contributed by atoms with Crippen LogP contribution < -0.4 is 5.32 Å². The smallest absolute Gasteiger partial charge is 0.300 e. The SMILES string of the molecule is C#CC(=O)Nc1cc(Cl)ccc1C.CC. The summed E-state index contributed by atoms with van der Waals surface area (Å²) in [5.74, 6) is 1.50. The van der Waals surface area contributed by atoms with E-state index in [1.54, 1.807) is 12.1 Å². The number of terminal acetylenes is 1. The van der Waals surface area contributed by atoms with E-state index in [2.05, 4.69) is 5.32 Å². The third-order valence-electron chi connectivity index (χ3n) is 1.58. The second kappa shape index (κ2) is 6.92. The van der Waals surface area contributed by atoms with Crippen LogP contribution in [0.25, 0.3) is 0 Å². The lowest BCUT2D eigenvalue weighted by Crippen LogP contribution is -2.08. The largest absolute Gasteiger partial charge is 0.315 e. The first-order chi connectivity index (χ1) is 7.13. The Morgan fingerprint density at radius 2 is 2.07 bits per heavy atom. The molecule has 0 unspecified atom stereocenters. The van der Waals surface area contributed by atoms with E-state index < -0.39 is 5.91 Å². The Hall–Kier alpha value is -1.46. The molecule has 0 heterocycles. The van der Waals surface area contributed by atoms with Gasteiger partial charge in [0.2, 0.25) is 0 Å². The molecule has 0 atom stereocenters. The van der Waals surface area contributed by atoms with Gasteiger partial charge in [-0.3, -0.25) is 4.79 Å². The highest BCUT2D eigenvalue weighted by atomic mass is 35.5. The van der Waals surface area contributed by atoms with Crippen molar-refractivity contribution >= 4 is 23.2 Å². The molecule has 15 heavy (non-hydrogen) atoms. The standard InChI is InChI=1S/C10H8ClNO.C2H6/c1-3-10(13)12-9-6-8(11)5-4-7(9)2;1-2/h1,4-6H,2H3,(H,12,13);1-2H3. The molecule has 2 nitrogen and oxygen atoms in total. The van der Waals surface area contributed by atoms with Crippen LogP contribution in [0.15, 0.2) is 18.2 Å². The van der Waals surface area contributed by atoms with E-state index in [0.717, 1.165) is 5.56 Å². The van der Waals surface area contributed by atoms with Crippen LogP contribution in [0.5, 0.6) is 0 Å². The first-order valence-corrected chi connectivity index (χ1v) is 5.05. The van der Waals surface area contributed by atoms with Crippen molar-refractivity contribution in [3.05, 3.63) is 28.8 Å². The van der Waals surface area contributed by atoms with E-state index in [4.69, 9.17) is 18.0 Å². The monoisotopic (exact) mass is 223 g/mol. The van der Waals surface area contributed by atoms with Crippen molar-refractivity contribution in [3.8, 4) is 12.3 Å². The van der Waals surface area contributed by atoms with E-state index in [9.17, 15) is 4.79 Å². The molecule has 0 bridgehead atoms. The average molecular weight is 224 g/mol. The van der Waals surface area contributed by atoms with E-state index >= 15 is 0 Å². The summed E-state index contributed by atoms with van der Waals surface area (Å²) in [5.41, 5.74) is 1.57. The van der Waals surface area contributed by atoms with Crippen molar-refractivity contribution in [2.45, 2.75) is 20.8 Å². The molecule has 0 aliphatic heterocycles. The van der Waals surface area contributed by atoms with Gasteiger partial charge in [-0.15, -0.1) is 6.42 Å². The van der Waals surface area contributed by atoms with Gasteiger partial charge in [0, 0.05) is 10.7 Å². The number of rotatable bonds is 1. The Labute approximate surface area is 95.6 Å². The average Bonchev–Trinajstić information content (AvgIpc) is 2.26. The molecule has 0 radical (unpaired) electrons. The van der Waals surface area contributed by atoms with Gasteiger partial charge in [-0.05, 0) is 30.5 Å². The first-order valence-electron chi connectivity index (χ1n) is 4.67. The highest BCUT2D eigenvalue weighted by Crippen LogP contribution is 2.19. The quantitative estimate of drug-likeness (QED) is 0.728. The second-order valence-electron chi connectivity index (χ2n) is 2.56. The molecule has 1 aromatic carbocycles. The third kappa shape index (κ3) is 4.53. The van der Waals surface area contributed by atoms with Crippen LogP contribution in [0.2, 0.25) is 5.02 Å². The predicted octanol–water partition coefficient (Wildman–Crippen LogP) is 3.25. The minimum atomic E-state index is -0.467. The number of anilines is 1. The zero-order valence-electron chi connectivity index (χ0n) is 9.10. The summed E-state index contributed by atoms with van der Waals surface area (Å²) in [4.78, 5) is 10.9. The Morgan fingerprint density at radius 3 is 2.60 bits per heavy atom. The van der Waals surface area contributed by atoms with Gasteiger partial charge in [0.05, 0.1) is 0 Å². The zero-order valence-corrected chi connectivity index (χ0v) is 9.85. The van der Waals surface area contributed by atoms with Gasteiger partial charge in [0.15, 0.2) is 0 Å². The Bertz CT molecular complexity index is 380. The molecule has 3 heteroatoms. The number of halogens is 1. The summed E-state index contributed by atoms with van der Waals surface area (Å²) >= 11 is 5.74. The number of amides is 1. The van der Waals surface area contributed by atoms with Crippen LogP contribution in [0.3, 0.4) is 0 Å². The van der Waals surface area contributed by atoms with Crippen molar-refractivity contribution in [2.75, 3.05) is 5.32 Å². The molecule has 1 amide bonds. The van der Waals surface area contributed by atoms with Crippen LogP contribution in [-0.2, 0) is 4.79 Å². The molecule has 0 aromatic heterocycles. The van der Waals surface area contributed by atoms with Gasteiger partial charge in [0.1, 0.15) is 0 Å². The summed E-state index contributed by atoms with van der Waals surface area (Å²) in [5, 5.41) is 3.11. The molecule has 0 fully saturated rings. The van der Waals surface area contributed by atoms with Crippen LogP contribution in [0.1, 0.15) is 19.4 Å². The number of carbonyl (C=O) groups excluding carboxylic acids is 1. The number of benzene rings is 1. The fourth-order valence-corrected chi connectivity index (χ4v) is 1.06. The summed E-state index contributed by atoms with van der Waals surface area (Å²) in [6, 6.07) is 5.23. The van der Waals surface area contributed by atoms with Gasteiger partial charge in [-0.2, -0.15) is 0 Å². The summed E-state index contributed by atoms with van der Waals surface area (Å²) in [7, 11) is 0. The number of hydrogen-bond donors (Lipinski definition) is 1.